The van der Waals surface area contributed by atoms with E-state index in [1.807, 2.05) is 17.5 Å². The predicted molar refractivity (Wildman–Crippen MR) is 115 cm³/mol. The Balaban J connectivity index is 1.30. The number of nitrogens with one attached hydrogen (secondary N) is 3. The molecule has 1 aliphatic heterocycles. The first-order valence-electron chi connectivity index (χ1n) is 9.33. The minimum absolute atomic E-state index is 0.00464. The minimum Gasteiger partial charge on any atom is -0.363 e. The first-order chi connectivity index (χ1) is 13.3. The molecule has 0 aromatic carbocycles. The van der Waals surface area contributed by atoms with Crippen LogP contribution in [0.5, 0.6) is 0 Å². The largest absolute Gasteiger partial charge is 0.363 e. The predicted octanol–water partition coefficient (Wildman–Crippen LogP) is 2.76. The summed E-state index contributed by atoms with van der Waals surface area (Å²) in [6.45, 7) is 3.58. The van der Waals surface area contributed by atoms with Gasteiger partial charge in [0.05, 0.1) is 9.88 Å². The molecule has 0 unspecified atom stereocenters. The maximum absolute atomic E-state index is 11.9. The van der Waals surface area contributed by atoms with E-state index in [2.05, 4.69) is 43.4 Å². The Morgan fingerprint density at radius 2 is 1.89 bits per heavy atom. The molecule has 0 saturated carbocycles. The number of piperidine rings is 1. The number of rotatable bonds is 7. The number of hydrogen-bond donors (Lipinski definition) is 3. The Hall–Kier alpha value is -2.06. The van der Waals surface area contributed by atoms with E-state index in [1.54, 1.807) is 18.4 Å². The zero-order valence-electron chi connectivity index (χ0n) is 15.6. The van der Waals surface area contributed by atoms with Crippen molar-refractivity contribution < 1.29 is 4.79 Å². The summed E-state index contributed by atoms with van der Waals surface area (Å²) in [5.74, 6) is 0.846. The molecule has 27 heavy (non-hydrogen) atoms. The summed E-state index contributed by atoms with van der Waals surface area (Å²) in [7, 11) is 1.80. The van der Waals surface area contributed by atoms with Gasteiger partial charge in [0.25, 0.3) is 5.91 Å². The molecule has 1 fully saturated rings. The molecular weight excluding hydrogens is 378 g/mol. The molecule has 3 heterocycles. The van der Waals surface area contributed by atoms with Crippen molar-refractivity contribution in [3.63, 3.8) is 0 Å². The Labute approximate surface area is 168 Å². The van der Waals surface area contributed by atoms with Gasteiger partial charge in [-0.25, -0.2) is 0 Å². The lowest BCUT2D eigenvalue weighted by molar-refractivity contribution is 0.0957. The van der Waals surface area contributed by atoms with Gasteiger partial charge in [0, 0.05) is 39.3 Å². The molecule has 0 bridgehead atoms. The quantitative estimate of drug-likeness (QED) is 0.376. The number of carbonyl (C=O) groups is 1. The van der Waals surface area contributed by atoms with E-state index in [0.717, 1.165) is 49.7 Å². The van der Waals surface area contributed by atoms with E-state index in [0.29, 0.717) is 12.6 Å². The lowest BCUT2D eigenvalue weighted by Crippen LogP contribution is -2.49. The molecule has 0 radical (unpaired) electrons. The number of guanidine groups is 1. The van der Waals surface area contributed by atoms with Gasteiger partial charge in [-0.15, -0.1) is 22.7 Å². The third-order valence-corrected chi connectivity index (χ3v) is 6.35. The molecule has 1 amide bonds. The van der Waals surface area contributed by atoms with Crippen LogP contribution in [0.15, 0.2) is 40.0 Å². The van der Waals surface area contributed by atoms with Crippen molar-refractivity contribution in [2.45, 2.75) is 25.3 Å². The molecule has 1 aliphatic rings. The standard InChI is InChI=1S/C19H27N5OS2/c1-20-19(22-10-4-9-21-18(25)16-5-2-13-26-16)23-15-7-11-24(12-8-15)17-6-3-14-27-17/h2-3,5-6,13-15H,4,7-12H2,1H3,(H,21,25)(H2,20,22,23). The van der Waals surface area contributed by atoms with Crippen molar-refractivity contribution in [3.8, 4) is 0 Å². The van der Waals surface area contributed by atoms with Crippen LogP contribution in [0.3, 0.4) is 0 Å². The monoisotopic (exact) mass is 405 g/mol. The summed E-state index contributed by atoms with van der Waals surface area (Å²) in [4.78, 5) is 19.4. The second-order valence-corrected chi connectivity index (χ2v) is 8.32. The van der Waals surface area contributed by atoms with Crippen LogP contribution in [-0.2, 0) is 0 Å². The average Bonchev–Trinajstić information content (AvgIpc) is 3.41. The van der Waals surface area contributed by atoms with Crippen LogP contribution in [0, 0.1) is 0 Å². The van der Waals surface area contributed by atoms with Gasteiger partial charge in [-0.05, 0) is 48.2 Å². The average molecular weight is 406 g/mol. The highest BCUT2D eigenvalue weighted by Gasteiger charge is 2.20. The van der Waals surface area contributed by atoms with Crippen molar-refractivity contribution >= 4 is 39.5 Å². The number of anilines is 1. The van der Waals surface area contributed by atoms with Crippen LogP contribution in [0.2, 0.25) is 0 Å². The molecule has 0 spiro atoms. The molecular formula is C19H27N5OS2. The molecule has 0 atom stereocenters. The molecule has 2 aromatic heterocycles. The van der Waals surface area contributed by atoms with E-state index in [4.69, 9.17) is 0 Å². The van der Waals surface area contributed by atoms with Crippen LogP contribution in [-0.4, -0.2) is 51.1 Å². The van der Waals surface area contributed by atoms with Crippen molar-refractivity contribution in [2.75, 3.05) is 38.1 Å². The third kappa shape index (κ3) is 5.97. The molecule has 146 valence electrons. The fourth-order valence-corrected chi connectivity index (χ4v) is 4.50. The van der Waals surface area contributed by atoms with Gasteiger partial charge in [-0.2, -0.15) is 0 Å². The van der Waals surface area contributed by atoms with Gasteiger partial charge in [-0.1, -0.05) is 6.07 Å². The number of aliphatic imine (C=N–C) groups is 1. The maximum Gasteiger partial charge on any atom is 0.261 e. The van der Waals surface area contributed by atoms with E-state index >= 15 is 0 Å². The van der Waals surface area contributed by atoms with E-state index in [1.165, 1.54) is 16.3 Å². The Kier molecular flexibility index (Phi) is 7.53. The number of thiophene rings is 2. The van der Waals surface area contributed by atoms with Gasteiger partial charge in [-0.3, -0.25) is 9.79 Å². The second kappa shape index (κ2) is 10.3. The summed E-state index contributed by atoms with van der Waals surface area (Å²) in [5.41, 5.74) is 0. The maximum atomic E-state index is 11.9. The molecule has 0 aliphatic carbocycles. The molecule has 3 rings (SSSR count). The van der Waals surface area contributed by atoms with Gasteiger partial charge in [0.2, 0.25) is 0 Å². The highest BCUT2D eigenvalue weighted by Crippen LogP contribution is 2.24. The van der Waals surface area contributed by atoms with Crippen molar-refractivity contribution in [2.24, 2.45) is 4.99 Å². The Morgan fingerprint density at radius 1 is 1.15 bits per heavy atom. The van der Waals surface area contributed by atoms with Crippen molar-refractivity contribution in [1.82, 2.24) is 16.0 Å². The zero-order valence-corrected chi connectivity index (χ0v) is 17.2. The minimum atomic E-state index is 0.00464. The molecule has 8 heteroatoms. The van der Waals surface area contributed by atoms with Crippen molar-refractivity contribution in [1.29, 1.82) is 0 Å². The van der Waals surface area contributed by atoms with E-state index < -0.39 is 0 Å². The fraction of sp³-hybridized carbons (Fsp3) is 0.474. The summed E-state index contributed by atoms with van der Waals surface area (Å²) >= 11 is 3.27. The summed E-state index contributed by atoms with van der Waals surface area (Å²) in [6.07, 6.45) is 3.07. The molecule has 3 N–H and O–H groups in total. The van der Waals surface area contributed by atoms with Crippen LogP contribution in [0.25, 0.3) is 0 Å². The topological polar surface area (TPSA) is 68.8 Å². The highest BCUT2D eigenvalue weighted by molar-refractivity contribution is 7.14. The summed E-state index contributed by atoms with van der Waals surface area (Å²) in [5, 5.41) is 15.2. The second-order valence-electron chi connectivity index (χ2n) is 6.44. The SMILES string of the molecule is CN=C(NCCCNC(=O)c1cccs1)NC1CCN(c2cccs2)CC1. The van der Waals surface area contributed by atoms with Crippen LogP contribution >= 0.6 is 22.7 Å². The van der Waals surface area contributed by atoms with E-state index in [-0.39, 0.29) is 5.91 Å². The van der Waals surface area contributed by atoms with Crippen LogP contribution in [0.4, 0.5) is 5.00 Å². The number of hydrogen-bond acceptors (Lipinski definition) is 5. The Morgan fingerprint density at radius 3 is 2.56 bits per heavy atom. The normalized spacial score (nSPS) is 15.6. The van der Waals surface area contributed by atoms with Crippen molar-refractivity contribution in [3.05, 3.63) is 39.9 Å². The fourth-order valence-electron chi connectivity index (χ4n) is 3.07. The van der Waals surface area contributed by atoms with Crippen LogP contribution in [0.1, 0.15) is 28.9 Å². The summed E-state index contributed by atoms with van der Waals surface area (Å²) in [6, 6.07) is 8.48. The molecule has 6 nitrogen and oxygen atoms in total. The van der Waals surface area contributed by atoms with Gasteiger partial charge in [0.15, 0.2) is 5.96 Å². The van der Waals surface area contributed by atoms with Gasteiger partial charge in [0.1, 0.15) is 0 Å². The first-order valence-corrected chi connectivity index (χ1v) is 11.1. The summed E-state index contributed by atoms with van der Waals surface area (Å²) < 4.78 is 0. The molecule has 2 aromatic rings. The highest BCUT2D eigenvalue weighted by atomic mass is 32.1. The number of nitrogens with zero attached hydrogens (tertiary/aromatic N) is 2. The smallest absolute Gasteiger partial charge is 0.261 e. The first kappa shape index (κ1) is 19.7. The zero-order chi connectivity index (χ0) is 18.9. The van der Waals surface area contributed by atoms with Gasteiger partial charge < -0.3 is 20.9 Å². The number of carbonyl (C=O) groups excluding carboxylic acids is 1. The van der Waals surface area contributed by atoms with Gasteiger partial charge >= 0.3 is 0 Å². The van der Waals surface area contributed by atoms with E-state index in [9.17, 15) is 4.79 Å². The van der Waals surface area contributed by atoms with Crippen LogP contribution < -0.4 is 20.9 Å². The third-order valence-electron chi connectivity index (χ3n) is 4.55. The number of amides is 1. The lowest BCUT2D eigenvalue weighted by atomic mass is 10.1. The Bertz CT molecular complexity index is 707. The lowest BCUT2D eigenvalue weighted by Gasteiger charge is -2.33. The molecule has 1 saturated heterocycles.